The largest absolute Gasteiger partial charge is 0.322 e. The predicted octanol–water partition coefficient (Wildman–Crippen LogP) is 1.79. The van der Waals surface area contributed by atoms with Crippen molar-refractivity contribution in [2.24, 2.45) is 5.92 Å². The van der Waals surface area contributed by atoms with Crippen molar-refractivity contribution >= 4 is 11.7 Å². The number of carbonyl (C=O) groups is 1. The van der Waals surface area contributed by atoms with Crippen LogP contribution in [-0.2, 0) is 0 Å². The molecule has 1 aromatic rings. The lowest BCUT2D eigenvalue weighted by molar-refractivity contribution is 0.206. The Balaban J connectivity index is 1.71. The minimum absolute atomic E-state index is 0.0146. The molecule has 6 heteroatoms. The number of nitrogens with one attached hydrogen (secondary N) is 2. The molecule has 2 aliphatic rings. The van der Waals surface area contributed by atoms with Gasteiger partial charge in [0.2, 0.25) is 0 Å². The second-order valence-corrected chi connectivity index (χ2v) is 5.02. The Kier molecular flexibility index (Phi) is 3.10. The lowest BCUT2D eigenvalue weighted by atomic mass is 10.1. The van der Waals surface area contributed by atoms with E-state index in [9.17, 15) is 13.6 Å². The Morgan fingerprint density at radius 1 is 1.37 bits per heavy atom. The Morgan fingerprint density at radius 3 is 3.00 bits per heavy atom. The number of urea groups is 1. The van der Waals surface area contributed by atoms with E-state index in [1.165, 1.54) is 6.07 Å². The first kappa shape index (κ1) is 12.3. The number of rotatable bonds is 1. The van der Waals surface area contributed by atoms with E-state index in [0.29, 0.717) is 12.5 Å². The van der Waals surface area contributed by atoms with Crippen molar-refractivity contribution in [3.05, 3.63) is 29.8 Å². The summed E-state index contributed by atoms with van der Waals surface area (Å²) >= 11 is 0. The molecule has 1 aromatic carbocycles. The van der Waals surface area contributed by atoms with Gasteiger partial charge >= 0.3 is 6.03 Å². The second-order valence-electron chi connectivity index (χ2n) is 5.02. The number of hydrogen-bond acceptors (Lipinski definition) is 2. The van der Waals surface area contributed by atoms with Gasteiger partial charge in [-0.25, -0.2) is 13.6 Å². The summed E-state index contributed by atoms with van der Waals surface area (Å²) in [7, 11) is 0. The number of fused-ring (bicyclic) bond motifs is 1. The Hall–Kier alpha value is -1.69. The van der Waals surface area contributed by atoms with Gasteiger partial charge in [0.05, 0.1) is 5.69 Å². The maximum Gasteiger partial charge on any atom is 0.322 e. The highest BCUT2D eigenvalue weighted by Crippen LogP contribution is 2.28. The minimum atomic E-state index is -0.756. The van der Waals surface area contributed by atoms with Crippen LogP contribution in [0.5, 0.6) is 0 Å². The number of carbonyl (C=O) groups excluding carboxylic acids is 1. The average molecular weight is 267 g/mol. The van der Waals surface area contributed by atoms with Crippen molar-refractivity contribution in [3.63, 3.8) is 0 Å². The fourth-order valence-electron chi connectivity index (χ4n) is 2.88. The molecular formula is C13H15F2N3O. The number of hydrogen-bond donors (Lipinski definition) is 2. The van der Waals surface area contributed by atoms with Gasteiger partial charge in [-0.3, -0.25) is 0 Å². The van der Waals surface area contributed by atoms with Gasteiger partial charge in [-0.05, 0) is 24.5 Å². The molecule has 2 fully saturated rings. The molecule has 2 atom stereocenters. The summed E-state index contributed by atoms with van der Waals surface area (Å²) in [5.74, 6) is -0.922. The fourth-order valence-corrected chi connectivity index (χ4v) is 2.88. The normalized spacial score (nSPS) is 25.5. The summed E-state index contributed by atoms with van der Waals surface area (Å²) in [6, 6.07) is 3.00. The summed E-state index contributed by atoms with van der Waals surface area (Å²) in [6.45, 7) is 2.40. The van der Waals surface area contributed by atoms with Crippen molar-refractivity contribution < 1.29 is 13.6 Å². The highest BCUT2D eigenvalue weighted by molar-refractivity contribution is 5.90. The van der Waals surface area contributed by atoms with Gasteiger partial charge in [0.25, 0.3) is 0 Å². The molecule has 0 aromatic heterocycles. The van der Waals surface area contributed by atoms with Gasteiger partial charge in [-0.1, -0.05) is 0 Å². The summed E-state index contributed by atoms with van der Waals surface area (Å²) in [5, 5.41) is 5.76. The Morgan fingerprint density at radius 2 is 2.21 bits per heavy atom. The summed E-state index contributed by atoms with van der Waals surface area (Å²) < 4.78 is 26.3. The third-order valence-electron chi connectivity index (χ3n) is 3.88. The molecule has 2 saturated heterocycles. The molecule has 2 amide bonds. The first-order chi connectivity index (χ1) is 9.15. The zero-order chi connectivity index (χ0) is 13.4. The summed E-state index contributed by atoms with van der Waals surface area (Å²) in [6.07, 6.45) is 0.969. The highest BCUT2D eigenvalue weighted by Gasteiger charge is 2.39. The topological polar surface area (TPSA) is 44.4 Å². The molecule has 0 unspecified atom stereocenters. The monoisotopic (exact) mass is 267 g/mol. The molecule has 0 radical (unpaired) electrons. The third kappa shape index (κ3) is 2.28. The van der Waals surface area contributed by atoms with Crippen molar-refractivity contribution in [2.75, 3.05) is 25.0 Å². The number of nitrogens with zero attached hydrogens (tertiary/aromatic N) is 1. The summed E-state index contributed by atoms with van der Waals surface area (Å²) in [4.78, 5) is 13.9. The van der Waals surface area contributed by atoms with Crippen molar-refractivity contribution in [2.45, 2.75) is 12.5 Å². The maximum absolute atomic E-state index is 13.5. The van der Waals surface area contributed by atoms with Crippen LogP contribution in [0.15, 0.2) is 18.2 Å². The van der Waals surface area contributed by atoms with Crippen LogP contribution in [0.1, 0.15) is 6.42 Å². The molecule has 0 saturated carbocycles. The van der Waals surface area contributed by atoms with E-state index >= 15 is 0 Å². The van der Waals surface area contributed by atoms with Crippen molar-refractivity contribution in [1.29, 1.82) is 0 Å². The zero-order valence-electron chi connectivity index (χ0n) is 10.3. The Labute approximate surface area is 109 Å². The SMILES string of the molecule is O=C(Nc1ccc(F)cc1F)N1CC[C@H]2CNC[C@H]21. The Bertz CT molecular complexity index is 509. The summed E-state index contributed by atoms with van der Waals surface area (Å²) in [5.41, 5.74) is 0.0146. The number of halogens is 2. The lowest BCUT2D eigenvalue weighted by Gasteiger charge is -2.23. The van der Waals surface area contributed by atoms with E-state index in [-0.39, 0.29) is 17.8 Å². The van der Waals surface area contributed by atoms with Gasteiger partial charge < -0.3 is 15.5 Å². The molecule has 2 aliphatic heterocycles. The van der Waals surface area contributed by atoms with Crippen LogP contribution in [0.25, 0.3) is 0 Å². The van der Waals surface area contributed by atoms with E-state index in [1.807, 2.05) is 0 Å². The molecule has 0 bridgehead atoms. The third-order valence-corrected chi connectivity index (χ3v) is 3.88. The zero-order valence-corrected chi connectivity index (χ0v) is 10.3. The van der Waals surface area contributed by atoms with Crippen LogP contribution in [0, 0.1) is 17.6 Å². The molecule has 0 spiro atoms. The van der Waals surface area contributed by atoms with Crippen LogP contribution in [0.2, 0.25) is 0 Å². The first-order valence-corrected chi connectivity index (χ1v) is 6.38. The van der Waals surface area contributed by atoms with Crippen LogP contribution >= 0.6 is 0 Å². The number of likely N-dealkylation sites (tertiary alicyclic amines) is 1. The average Bonchev–Trinajstić information content (AvgIpc) is 2.94. The molecule has 2 N–H and O–H groups in total. The molecule has 2 heterocycles. The van der Waals surface area contributed by atoms with Gasteiger partial charge in [0, 0.05) is 31.7 Å². The van der Waals surface area contributed by atoms with E-state index in [0.717, 1.165) is 31.6 Å². The molecule has 102 valence electrons. The standard InChI is InChI=1S/C13H15F2N3O/c14-9-1-2-11(10(15)5-9)17-13(19)18-4-3-8-6-16-7-12(8)18/h1-2,5,8,12,16H,3-4,6-7H2,(H,17,19)/t8-,12+/m0/s1. The first-order valence-electron chi connectivity index (χ1n) is 6.38. The van der Waals surface area contributed by atoms with Crippen molar-refractivity contribution in [1.82, 2.24) is 10.2 Å². The van der Waals surface area contributed by atoms with Gasteiger partial charge in [0.15, 0.2) is 0 Å². The van der Waals surface area contributed by atoms with Gasteiger partial charge in [-0.2, -0.15) is 0 Å². The predicted molar refractivity (Wildman–Crippen MR) is 66.8 cm³/mol. The molecule has 3 rings (SSSR count). The fraction of sp³-hybridized carbons (Fsp3) is 0.462. The maximum atomic E-state index is 13.5. The van der Waals surface area contributed by atoms with E-state index < -0.39 is 11.6 Å². The number of benzene rings is 1. The van der Waals surface area contributed by atoms with Crippen LogP contribution in [0.4, 0.5) is 19.3 Å². The van der Waals surface area contributed by atoms with Crippen LogP contribution < -0.4 is 10.6 Å². The van der Waals surface area contributed by atoms with Gasteiger partial charge in [-0.15, -0.1) is 0 Å². The quantitative estimate of drug-likeness (QED) is 0.814. The van der Waals surface area contributed by atoms with E-state index in [2.05, 4.69) is 10.6 Å². The second kappa shape index (κ2) is 4.77. The number of anilines is 1. The minimum Gasteiger partial charge on any atom is -0.320 e. The van der Waals surface area contributed by atoms with Crippen LogP contribution in [-0.4, -0.2) is 36.6 Å². The van der Waals surface area contributed by atoms with Crippen molar-refractivity contribution in [3.8, 4) is 0 Å². The van der Waals surface area contributed by atoms with Crippen LogP contribution in [0.3, 0.4) is 0 Å². The number of amides is 2. The molecule has 4 nitrogen and oxygen atoms in total. The van der Waals surface area contributed by atoms with Gasteiger partial charge in [0.1, 0.15) is 11.6 Å². The highest BCUT2D eigenvalue weighted by atomic mass is 19.1. The molecule has 0 aliphatic carbocycles. The van der Waals surface area contributed by atoms with E-state index in [4.69, 9.17) is 0 Å². The lowest BCUT2D eigenvalue weighted by Crippen LogP contribution is -2.41. The van der Waals surface area contributed by atoms with E-state index in [1.54, 1.807) is 4.90 Å². The molecule has 19 heavy (non-hydrogen) atoms. The molecular weight excluding hydrogens is 252 g/mol. The smallest absolute Gasteiger partial charge is 0.320 e.